The Labute approximate surface area is 189 Å². The highest BCUT2D eigenvalue weighted by molar-refractivity contribution is 7.99. The highest BCUT2D eigenvalue weighted by Gasteiger charge is 2.41. The number of amides is 2. The molecule has 1 saturated heterocycles. The van der Waals surface area contributed by atoms with Crippen molar-refractivity contribution in [2.75, 3.05) is 13.1 Å². The zero-order valence-corrected chi connectivity index (χ0v) is 18.0. The van der Waals surface area contributed by atoms with Crippen LogP contribution in [0.4, 0.5) is 8.78 Å². The number of carbonyl (C=O) groups excluding carboxylic acids is 2. The molecular formula is C23H23F2N3O3S. The van der Waals surface area contributed by atoms with Crippen LogP contribution in [0.15, 0.2) is 71.3 Å². The van der Waals surface area contributed by atoms with Crippen molar-refractivity contribution in [3.63, 3.8) is 0 Å². The largest absolute Gasteiger partial charge is 0.347 e. The van der Waals surface area contributed by atoms with E-state index in [0.29, 0.717) is 60.4 Å². The van der Waals surface area contributed by atoms with Crippen LogP contribution in [0.5, 0.6) is 0 Å². The summed E-state index contributed by atoms with van der Waals surface area (Å²) in [5.74, 6) is -2.99. The maximum atomic E-state index is 12.8. The molecule has 2 heterocycles. The van der Waals surface area contributed by atoms with Gasteiger partial charge in [-0.1, -0.05) is 48.2 Å². The smallest absolute Gasteiger partial charge is 0.288 e. The molecule has 168 valence electrons. The first kappa shape index (κ1) is 22.3. The van der Waals surface area contributed by atoms with Gasteiger partial charge in [-0.3, -0.25) is 19.9 Å². The molecule has 0 radical (unpaired) electrons. The second-order valence-corrected chi connectivity index (χ2v) is 8.76. The highest BCUT2D eigenvalue weighted by Crippen LogP contribution is 2.33. The number of rotatable bonds is 6. The standard InChI is InChI=1S/C23H23F2N3O3S/c24-22(25)32-18-8-4-7-17(13-18)21(30)28-11-9-23(10-12-28)14-19(27-31-23)20(29)26-15-16-5-2-1-3-6-16/h1-8,13-14,22,27H,9-12,15H2,(H,26,29). The molecule has 6 nitrogen and oxygen atoms in total. The molecule has 0 bridgehead atoms. The van der Waals surface area contributed by atoms with Crippen LogP contribution >= 0.6 is 11.8 Å². The Morgan fingerprint density at radius 3 is 2.59 bits per heavy atom. The van der Waals surface area contributed by atoms with Gasteiger partial charge in [0.05, 0.1) is 0 Å². The van der Waals surface area contributed by atoms with Crippen LogP contribution in [-0.2, 0) is 16.2 Å². The van der Waals surface area contributed by atoms with E-state index in [1.165, 1.54) is 6.07 Å². The molecule has 9 heteroatoms. The van der Waals surface area contributed by atoms with E-state index in [0.717, 1.165) is 5.56 Å². The molecular weight excluding hydrogens is 436 g/mol. The van der Waals surface area contributed by atoms with Gasteiger partial charge in [0, 0.05) is 42.9 Å². The normalized spacial score (nSPS) is 17.2. The third kappa shape index (κ3) is 5.28. The number of alkyl halides is 2. The molecule has 0 aromatic heterocycles. The summed E-state index contributed by atoms with van der Waals surface area (Å²) < 4.78 is 25.2. The Balaban J connectivity index is 1.33. The second-order valence-electron chi connectivity index (χ2n) is 7.69. The first-order valence-electron chi connectivity index (χ1n) is 10.3. The molecule has 2 amide bonds. The van der Waals surface area contributed by atoms with Gasteiger partial charge in [0.1, 0.15) is 11.3 Å². The van der Waals surface area contributed by atoms with Crippen molar-refractivity contribution in [3.05, 3.63) is 77.5 Å². The summed E-state index contributed by atoms with van der Waals surface area (Å²) in [6.07, 6.45) is 2.83. The Hall–Kier alpha value is -2.91. The summed E-state index contributed by atoms with van der Waals surface area (Å²) in [6, 6.07) is 15.9. The molecule has 0 atom stereocenters. The minimum atomic E-state index is -2.53. The summed E-state index contributed by atoms with van der Waals surface area (Å²) in [6.45, 7) is 1.28. The van der Waals surface area contributed by atoms with E-state index in [1.807, 2.05) is 30.3 Å². The summed E-state index contributed by atoms with van der Waals surface area (Å²) in [4.78, 5) is 33.1. The van der Waals surface area contributed by atoms with E-state index in [1.54, 1.807) is 29.2 Å². The number of likely N-dealkylation sites (tertiary alicyclic amines) is 1. The van der Waals surface area contributed by atoms with Crippen LogP contribution < -0.4 is 10.8 Å². The van der Waals surface area contributed by atoms with E-state index < -0.39 is 11.4 Å². The number of halogens is 2. The van der Waals surface area contributed by atoms with Crippen molar-refractivity contribution < 1.29 is 23.2 Å². The Morgan fingerprint density at radius 2 is 1.88 bits per heavy atom. The van der Waals surface area contributed by atoms with Crippen molar-refractivity contribution in [2.24, 2.45) is 0 Å². The summed E-state index contributed by atoms with van der Waals surface area (Å²) in [7, 11) is 0. The van der Waals surface area contributed by atoms with Crippen molar-refractivity contribution in [1.29, 1.82) is 0 Å². The molecule has 2 N–H and O–H groups in total. The Kier molecular flexibility index (Phi) is 6.76. The number of carbonyl (C=O) groups is 2. The molecule has 0 unspecified atom stereocenters. The van der Waals surface area contributed by atoms with Crippen molar-refractivity contribution in [1.82, 2.24) is 15.7 Å². The number of hydrogen-bond acceptors (Lipinski definition) is 5. The highest BCUT2D eigenvalue weighted by atomic mass is 32.2. The lowest BCUT2D eigenvalue weighted by molar-refractivity contribution is -0.120. The Bertz CT molecular complexity index is 1010. The van der Waals surface area contributed by atoms with Gasteiger partial charge in [-0.2, -0.15) is 8.78 Å². The third-order valence-corrected chi connectivity index (χ3v) is 6.22. The number of piperidine rings is 1. The van der Waals surface area contributed by atoms with Crippen LogP contribution in [0, 0.1) is 0 Å². The van der Waals surface area contributed by atoms with Gasteiger partial charge in [-0.05, 0) is 29.8 Å². The lowest BCUT2D eigenvalue weighted by Crippen LogP contribution is -2.46. The average molecular weight is 460 g/mol. The van der Waals surface area contributed by atoms with Gasteiger partial charge in [-0.25, -0.2) is 0 Å². The summed E-state index contributed by atoms with van der Waals surface area (Å²) in [5.41, 5.74) is 3.82. The molecule has 32 heavy (non-hydrogen) atoms. The van der Waals surface area contributed by atoms with Crippen molar-refractivity contribution in [2.45, 2.75) is 35.6 Å². The lowest BCUT2D eigenvalue weighted by Gasteiger charge is -2.36. The van der Waals surface area contributed by atoms with Gasteiger partial charge in [0.15, 0.2) is 0 Å². The van der Waals surface area contributed by atoms with Gasteiger partial charge >= 0.3 is 0 Å². The molecule has 1 spiro atoms. The average Bonchev–Trinajstić information content (AvgIpc) is 3.21. The van der Waals surface area contributed by atoms with Crippen LogP contribution in [-0.4, -0.2) is 41.2 Å². The molecule has 2 aromatic carbocycles. The minimum absolute atomic E-state index is 0.202. The fourth-order valence-corrected chi connectivity index (χ4v) is 4.34. The van der Waals surface area contributed by atoms with Crippen LogP contribution in [0.3, 0.4) is 0 Å². The zero-order valence-electron chi connectivity index (χ0n) is 17.2. The SMILES string of the molecule is O=C(NCc1ccccc1)C1=CC2(CCN(C(=O)c3cccc(SC(F)F)c3)CC2)ON1. The van der Waals surface area contributed by atoms with E-state index in [4.69, 9.17) is 4.84 Å². The maximum Gasteiger partial charge on any atom is 0.288 e. The maximum absolute atomic E-state index is 12.8. The molecule has 2 aromatic rings. The molecule has 4 rings (SSSR count). The van der Waals surface area contributed by atoms with Crippen LogP contribution in [0.25, 0.3) is 0 Å². The summed E-state index contributed by atoms with van der Waals surface area (Å²) in [5, 5.41) is 2.86. The number of hydroxylamine groups is 1. The van der Waals surface area contributed by atoms with Gasteiger partial charge < -0.3 is 10.2 Å². The van der Waals surface area contributed by atoms with Gasteiger partial charge in [-0.15, -0.1) is 0 Å². The fourth-order valence-electron chi connectivity index (χ4n) is 3.79. The number of benzene rings is 2. The van der Waals surface area contributed by atoms with E-state index in [9.17, 15) is 18.4 Å². The Morgan fingerprint density at radius 1 is 1.12 bits per heavy atom. The lowest BCUT2D eigenvalue weighted by atomic mass is 9.90. The molecule has 0 saturated carbocycles. The van der Waals surface area contributed by atoms with Crippen molar-refractivity contribution >= 4 is 23.6 Å². The molecule has 2 aliphatic rings. The molecule has 1 fully saturated rings. The molecule has 2 aliphatic heterocycles. The zero-order chi connectivity index (χ0) is 22.6. The number of nitrogens with one attached hydrogen (secondary N) is 2. The summed E-state index contributed by atoms with van der Waals surface area (Å²) >= 11 is 0.419. The second kappa shape index (κ2) is 9.70. The van der Waals surface area contributed by atoms with Gasteiger partial charge in [0.25, 0.3) is 17.6 Å². The topological polar surface area (TPSA) is 70.7 Å². The fraction of sp³-hybridized carbons (Fsp3) is 0.304. The number of nitrogens with zero attached hydrogens (tertiary/aromatic N) is 1. The van der Waals surface area contributed by atoms with Crippen LogP contribution in [0.2, 0.25) is 0 Å². The monoisotopic (exact) mass is 459 g/mol. The van der Waals surface area contributed by atoms with Crippen molar-refractivity contribution in [3.8, 4) is 0 Å². The van der Waals surface area contributed by atoms with E-state index in [2.05, 4.69) is 10.8 Å². The number of thioether (sulfide) groups is 1. The quantitative estimate of drug-likeness (QED) is 0.645. The van der Waals surface area contributed by atoms with E-state index >= 15 is 0 Å². The predicted octanol–water partition coefficient (Wildman–Crippen LogP) is 3.71. The number of hydrogen-bond donors (Lipinski definition) is 2. The predicted molar refractivity (Wildman–Crippen MR) is 117 cm³/mol. The molecule has 0 aliphatic carbocycles. The van der Waals surface area contributed by atoms with Gasteiger partial charge in [0.2, 0.25) is 0 Å². The minimum Gasteiger partial charge on any atom is -0.347 e. The van der Waals surface area contributed by atoms with E-state index in [-0.39, 0.29) is 11.8 Å². The first-order chi connectivity index (χ1) is 15.4. The van der Waals surface area contributed by atoms with Crippen LogP contribution in [0.1, 0.15) is 28.8 Å². The first-order valence-corrected chi connectivity index (χ1v) is 11.2. The third-order valence-electron chi connectivity index (χ3n) is 5.52.